The van der Waals surface area contributed by atoms with Crippen LogP contribution in [-0.4, -0.2) is 5.91 Å². The van der Waals surface area contributed by atoms with E-state index in [9.17, 15) is 13.6 Å². The Balaban J connectivity index is 1.98. The number of thiophene rings is 1. The third-order valence-electron chi connectivity index (χ3n) is 2.74. The number of hydrogen-bond acceptors (Lipinski definition) is 2. The van der Waals surface area contributed by atoms with E-state index in [2.05, 4.69) is 5.32 Å². The van der Waals surface area contributed by atoms with Gasteiger partial charge < -0.3 is 5.32 Å². The quantitative estimate of drug-likeness (QED) is 0.851. The van der Waals surface area contributed by atoms with Crippen LogP contribution in [0.25, 0.3) is 6.08 Å². The Hall–Kier alpha value is -2.01. The predicted molar refractivity (Wildman–Crippen MR) is 76.3 cm³/mol. The van der Waals surface area contributed by atoms with Gasteiger partial charge in [0.1, 0.15) is 0 Å². The van der Waals surface area contributed by atoms with Crippen LogP contribution in [0.15, 0.2) is 41.8 Å². The predicted octanol–water partition coefficient (Wildman–Crippen LogP) is 3.92. The van der Waals surface area contributed by atoms with E-state index in [1.165, 1.54) is 23.5 Å². The van der Waals surface area contributed by atoms with Crippen molar-refractivity contribution in [2.24, 2.45) is 0 Å². The Morgan fingerprint density at radius 2 is 2.10 bits per heavy atom. The number of nitrogens with one attached hydrogen (secondary N) is 1. The summed E-state index contributed by atoms with van der Waals surface area (Å²) in [7, 11) is 0. The summed E-state index contributed by atoms with van der Waals surface area (Å²) in [5.41, 5.74) is 0.516. The first-order chi connectivity index (χ1) is 9.56. The molecule has 1 amide bonds. The SMILES string of the molecule is CC(NC(=O)/C=C/c1cccs1)c1ccc(F)c(F)c1. The van der Waals surface area contributed by atoms with Gasteiger partial charge in [0.15, 0.2) is 11.6 Å². The molecule has 1 aromatic heterocycles. The molecule has 0 spiro atoms. The first-order valence-corrected chi connectivity index (χ1v) is 6.91. The summed E-state index contributed by atoms with van der Waals surface area (Å²) in [6, 6.07) is 6.98. The lowest BCUT2D eigenvalue weighted by Crippen LogP contribution is -2.24. The molecule has 1 heterocycles. The van der Waals surface area contributed by atoms with E-state index in [4.69, 9.17) is 0 Å². The Morgan fingerprint density at radius 1 is 1.30 bits per heavy atom. The van der Waals surface area contributed by atoms with Gasteiger partial charge >= 0.3 is 0 Å². The van der Waals surface area contributed by atoms with Gasteiger partial charge in [-0.3, -0.25) is 4.79 Å². The zero-order valence-electron chi connectivity index (χ0n) is 10.8. The Bertz CT molecular complexity index is 623. The summed E-state index contributed by atoms with van der Waals surface area (Å²) in [5.74, 6) is -2.10. The van der Waals surface area contributed by atoms with Crippen LogP contribution in [0, 0.1) is 11.6 Å². The summed E-state index contributed by atoms with van der Waals surface area (Å²) in [5, 5.41) is 4.61. The molecule has 0 aliphatic heterocycles. The maximum atomic E-state index is 13.1. The number of carbonyl (C=O) groups is 1. The lowest BCUT2D eigenvalue weighted by molar-refractivity contribution is -0.117. The molecule has 1 aromatic carbocycles. The summed E-state index contributed by atoms with van der Waals surface area (Å²) in [6.07, 6.45) is 3.13. The van der Waals surface area contributed by atoms with E-state index in [1.807, 2.05) is 17.5 Å². The van der Waals surface area contributed by atoms with Crippen molar-refractivity contribution in [3.63, 3.8) is 0 Å². The fraction of sp³-hybridized carbons (Fsp3) is 0.133. The molecule has 0 aliphatic rings. The van der Waals surface area contributed by atoms with Gasteiger partial charge in [-0.2, -0.15) is 0 Å². The van der Waals surface area contributed by atoms with E-state index in [-0.39, 0.29) is 5.91 Å². The highest BCUT2D eigenvalue weighted by Gasteiger charge is 2.10. The molecule has 1 unspecified atom stereocenters. The van der Waals surface area contributed by atoms with Crippen LogP contribution in [0.2, 0.25) is 0 Å². The standard InChI is InChI=1S/C15H13F2NOS/c1-10(11-4-6-13(16)14(17)9-11)18-15(19)7-5-12-3-2-8-20-12/h2-10H,1H3,(H,18,19)/b7-5+. The topological polar surface area (TPSA) is 29.1 Å². The summed E-state index contributed by atoms with van der Waals surface area (Å²) < 4.78 is 25.9. The molecule has 1 N–H and O–H groups in total. The fourth-order valence-electron chi connectivity index (χ4n) is 1.67. The molecule has 20 heavy (non-hydrogen) atoms. The molecule has 2 rings (SSSR count). The van der Waals surface area contributed by atoms with Gasteiger partial charge in [0.05, 0.1) is 6.04 Å². The van der Waals surface area contributed by atoms with Crippen molar-refractivity contribution in [2.75, 3.05) is 0 Å². The summed E-state index contributed by atoms with van der Waals surface area (Å²) >= 11 is 1.53. The molecule has 0 saturated carbocycles. The van der Waals surface area contributed by atoms with E-state index in [1.54, 1.807) is 13.0 Å². The molecule has 0 aliphatic carbocycles. The van der Waals surface area contributed by atoms with Crippen molar-refractivity contribution in [1.29, 1.82) is 0 Å². The molecule has 2 nitrogen and oxygen atoms in total. The van der Waals surface area contributed by atoms with Gasteiger partial charge in [0, 0.05) is 11.0 Å². The highest BCUT2D eigenvalue weighted by molar-refractivity contribution is 7.10. The summed E-state index contributed by atoms with van der Waals surface area (Å²) in [6.45, 7) is 1.71. The zero-order valence-corrected chi connectivity index (χ0v) is 11.6. The molecule has 0 radical (unpaired) electrons. The van der Waals surface area contributed by atoms with Gasteiger partial charge in [0.25, 0.3) is 0 Å². The maximum Gasteiger partial charge on any atom is 0.244 e. The van der Waals surface area contributed by atoms with Crippen molar-refractivity contribution in [3.05, 3.63) is 63.9 Å². The minimum atomic E-state index is -0.919. The van der Waals surface area contributed by atoms with Gasteiger partial charge in [-0.1, -0.05) is 12.1 Å². The van der Waals surface area contributed by atoms with Crippen LogP contribution < -0.4 is 5.32 Å². The van der Waals surface area contributed by atoms with Crippen LogP contribution in [0.5, 0.6) is 0 Å². The average molecular weight is 293 g/mol. The van der Waals surface area contributed by atoms with E-state index < -0.39 is 17.7 Å². The van der Waals surface area contributed by atoms with Gasteiger partial charge in [0.2, 0.25) is 5.91 Å². The van der Waals surface area contributed by atoms with Crippen LogP contribution >= 0.6 is 11.3 Å². The van der Waals surface area contributed by atoms with Crippen molar-refractivity contribution >= 4 is 23.3 Å². The Morgan fingerprint density at radius 3 is 2.75 bits per heavy atom. The van der Waals surface area contributed by atoms with Crippen LogP contribution in [0.3, 0.4) is 0 Å². The minimum Gasteiger partial charge on any atom is -0.346 e. The highest BCUT2D eigenvalue weighted by Crippen LogP contribution is 2.16. The second-order valence-corrected chi connectivity index (χ2v) is 5.23. The number of rotatable bonds is 4. The average Bonchev–Trinajstić information content (AvgIpc) is 2.92. The number of carbonyl (C=O) groups excluding carboxylic acids is 1. The third kappa shape index (κ3) is 3.74. The van der Waals surface area contributed by atoms with E-state index in [0.717, 1.165) is 17.0 Å². The Kier molecular flexibility index (Phi) is 4.63. The Labute approximate surface area is 119 Å². The number of halogens is 2. The van der Waals surface area contributed by atoms with Crippen molar-refractivity contribution in [3.8, 4) is 0 Å². The molecule has 0 fully saturated rings. The molecule has 1 atom stereocenters. The largest absolute Gasteiger partial charge is 0.346 e. The summed E-state index contributed by atoms with van der Waals surface area (Å²) in [4.78, 5) is 12.7. The maximum absolute atomic E-state index is 13.1. The van der Waals surface area contributed by atoms with Gasteiger partial charge in [-0.25, -0.2) is 8.78 Å². The molecular weight excluding hydrogens is 280 g/mol. The number of hydrogen-bond donors (Lipinski definition) is 1. The van der Waals surface area contributed by atoms with Gasteiger partial charge in [-0.05, 0) is 42.1 Å². The second kappa shape index (κ2) is 6.43. The number of benzene rings is 1. The lowest BCUT2D eigenvalue weighted by atomic mass is 10.1. The first-order valence-electron chi connectivity index (χ1n) is 6.03. The first kappa shape index (κ1) is 14.4. The molecule has 2 aromatic rings. The van der Waals surface area contributed by atoms with Crippen LogP contribution in [0.1, 0.15) is 23.4 Å². The van der Waals surface area contributed by atoms with E-state index in [0.29, 0.717) is 5.56 Å². The van der Waals surface area contributed by atoms with Crippen LogP contribution in [0.4, 0.5) is 8.78 Å². The normalized spacial score (nSPS) is 12.6. The monoisotopic (exact) mass is 293 g/mol. The minimum absolute atomic E-state index is 0.282. The number of amides is 1. The molecular formula is C15H13F2NOS. The fourth-order valence-corrected chi connectivity index (χ4v) is 2.29. The highest BCUT2D eigenvalue weighted by atomic mass is 32.1. The third-order valence-corrected chi connectivity index (χ3v) is 3.58. The molecule has 104 valence electrons. The van der Waals surface area contributed by atoms with Crippen molar-refractivity contribution in [1.82, 2.24) is 5.32 Å². The second-order valence-electron chi connectivity index (χ2n) is 4.25. The van der Waals surface area contributed by atoms with E-state index >= 15 is 0 Å². The lowest BCUT2D eigenvalue weighted by Gasteiger charge is -2.13. The van der Waals surface area contributed by atoms with Crippen molar-refractivity contribution < 1.29 is 13.6 Å². The molecule has 0 bridgehead atoms. The van der Waals surface area contributed by atoms with Crippen LogP contribution in [-0.2, 0) is 4.79 Å². The van der Waals surface area contributed by atoms with Gasteiger partial charge in [-0.15, -0.1) is 11.3 Å². The molecule has 5 heteroatoms. The van der Waals surface area contributed by atoms with Crippen molar-refractivity contribution in [2.45, 2.75) is 13.0 Å². The smallest absolute Gasteiger partial charge is 0.244 e. The zero-order chi connectivity index (χ0) is 14.5. The molecule has 0 saturated heterocycles.